The standard InChI is InChI=1S/C14H19N5O2/c1-3-21-14(20)12-13(11-8-15-9-18(11)2)19(17-16-12)7-6-10-4-5-10/h8-10H,3-7H2,1-2H3. The summed E-state index contributed by atoms with van der Waals surface area (Å²) >= 11 is 0. The molecule has 2 aromatic heterocycles. The van der Waals surface area contributed by atoms with E-state index >= 15 is 0 Å². The molecule has 0 aliphatic heterocycles. The van der Waals surface area contributed by atoms with Crippen molar-refractivity contribution in [2.24, 2.45) is 13.0 Å². The number of esters is 1. The Labute approximate surface area is 122 Å². The lowest BCUT2D eigenvalue weighted by molar-refractivity contribution is 0.0520. The fourth-order valence-electron chi connectivity index (χ4n) is 2.36. The van der Waals surface area contributed by atoms with E-state index in [-0.39, 0.29) is 5.69 Å². The number of aryl methyl sites for hydroxylation is 2. The minimum Gasteiger partial charge on any atom is -0.461 e. The molecular weight excluding hydrogens is 270 g/mol. The van der Waals surface area contributed by atoms with Gasteiger partial charge < -0.3 is 9.30 Å². The van der Waals surface area contributed by atoms with Gasteiger partial charge in [0.05, 0.1) is 24.8 Å². The molecule has 0 saturated heterocycles. The van der Waals surface area contributed by atoms with Crippen LogP contribution < -0.4 is 0 Å². The van der Waals surface area contributed by atoms with Gasteiger partial charge in [-0.25, -0.2) is 14.5 Å². The maximum atomic E-state index is 12.1. The normalized spacial score (nSPS) is 14.4. The van der Waals surface area contributed by atoms with Crippen LogP contribution in [0.3, 0.4) is 0 Å². The summed E-state index contributed by atoms with van der Waals surface area (Å²) in [7, 11) is 1.88. The summed E-state index contributed by atoms with van der Waals surface area (Å²) in [6.07, 6.45) is 7.06. The monoisotopic (exact) mass is 289 g/mol. The van der Waals surface area contributed by atoms with E-state index in [0.29, 0.717) is 12.3 Å². The maximum absolute atomic E-state index is 12.1. The van der Waals surface area contributed by atoms with Crippen LogP contribution in [0.2, 0.25) is 0 Å². The number of hydrogen-bond donors (Lipinski definition) is 0. The van der Waals surface area contributed by atoms with Crippen molar-refractivity contribution in [2.75, 3.05) is 6.61 Å². The lowest BCUT2D eigenvalue weighted by Crippen LogP contribution is -2.10. The second-order valence-electron chi connectivity index (χ2n) is 5.35. The molecule has 1 fully saturated rings. The third-order valence-electron chi connectivity index (χ3n) is 3.71. The third-order valence-corrected chi connectivity index (χ3v) is 3.71. The number of imidazole rings is 1. The zero-order valence-corrected chi connectivity index (χ0v) is 12.3. The number of nitrogens with zero attached hydrogens (tertiary/aromatic N) is 5. The Morgan fingerprint density at radius 3 is 2.90 bits per heavy atom. The molecule has 0 atom stereocenters. The molecule has 7 nitrogen and oxygen atoms in total. The first-order chi connectivity index (χ1) is 10.2. The third kappa shape index (κ3) is 2.81. The lowest BCUT2D eigenvalue weighted by Gasteiger charge is -2.08. The van der Waals surface area contributed by atoms with Crippen LogP contribution >= 0.6 is 0 Å². The Kier molecular flexibility index (Phi) is 3.72. The molecule has 2 heterocycles. The van der Waals surface area contributed by atoms with Crippen LogP contribution in [-0.2, 0) is 18.3 Å². The predicted octanol–water partition coefficient (Wildman–Crippen LogP) is 1.66. The van der Waals surface area contributed by atoms with Crippen LogP contribution in [0, 0.1) is 5.92 Å². The van der Waals surface area contributed by atoms with Gasteiger partial charge in [-0.1, -0.05) is 18.1 Å². The first kappa shape index (κ1) is 13.8. The summed E-state index contributed by atoms with van der Waals surface area (Å²) in [4.78, 5) is 16.2. The summed E-state index contributed by atoms with van der Waals surface area (Å²) in [5, 5.41) is 8.17. The summed E-state index contributed by atoms with van der Waals surface area (Å²) in [6, 6.07) is 0. The van der Waals surface area contributed by atoms with Gasteiger partial charge in [-0.2, -0.15) is 0 Å². The largest absolute Gasteiger partial charge is 0.461 e. The van der Waals surface area contributed by atoms with Gasteiger partial charge in [0.15, 0.2) is 5.69 Å². The van der Waals surface area contributed by atoms with Gasteiger partial charge in [0.25, 0.3) is 0 Å². The fourth-order valence-corrected chi connectivity index (χ4v) is 2.36. The highest BCUT2D eigenvalue weighted by atomic mass is 16.5. The van der Waals surface area contributed by atoms with E-state index in [1.807, 2.05) is 11.6 Å². The Bertz CT molecular complexity index is 642. The van der Waals surface area contributed by atoms with Crippen LogP contribution in [0.5, 0.6) is 0 Å². The van der Waals surface area contributed by atoms with Crippen molar-refractivity contribution in [2.45, 2.75) is 32.7 Å². The zero-order valence-electron chi connectivity index (χ0n) is 12.3. The Morgan fingerprint density at radius 2 is 2.29 bits per heavy atom. The molecular formula is C14H19N5O2. The van der Waals surface area contributed by atoms with Gasteiger partial charge >= 0.3 is 5.97 Å². The van der Waals surface area contributed by atoms with Crippen molar-refractivity contribution in [1.29, 1.82) is 0 Å². The van der Waals surface area contributed by atoms with Gasteiger partial charge in [-0.3, -0.25) is 0 Å². The van der Waals surface area contributed by atoms with Crippen LogP contribution in [0.1, 0.15) is 36.7 Å². The van der Waals surface area contributed by atoms with Crippen LogP contribution in [-0.4, -0.2) is 37.1 Å². The summed E-state index contributed by atoms with van der Waals surface area (Å²) in [6.45, 7) is 2.86. The molecule has 0 N–H and O–H groups in total. The van der Waals surface area contributed by atoms with Crippen LogP contribution in [0.15, 0.2) is 12.5 Å². The average Bonchev–Trinajstić information content (AvgIpc) is 3.05. The van der Waals surface area contributed by atoms with Gasteiger partial charge in [-0.15, -0.1) is 5.10 Å². The molecule has 0 bridgehead atoms. The molecule has 1 aliphatic rings. The first-order valence-corrected chi connectivity index (χ1v) is 7.28. The number of rotatable bonds is 6. The van der Waals surface area contributed by atoms with E-state index in [2.05, 4.69) is 15.3 Å². The predicted molar refractivity (Wildman–Crippen MR) is 75.5 cm³/mol. The maximum Gasteiger partial charge on any atom is 0.361 e. The molecule has 7 heteroatoms. The lowest BCUT2D eigenvalue weighted by atomic mass is 10.2. The summed E-state index contributed by atoms with van der Waals surface area (Å²) in [5.74, 6) is 0.353. The summed E-state index contributed by atoms with van der Waals surface area (Å²) in [5.41, 5.74) is 1.77. The highest BCUT2D eigenvalue weighted by Gasteiger charge is 2.26. The SMILES string of the molecule is CCOC(=O)c1nnn(CCC2CC2)c1-c1cncn1C. The van der Waals surface area contributed by atoms with E-state index in [1.54, 1.807) is 24.1 Å². The highest BCUT2D eigenvalue weighted by Crippen LogP contribution is 2.33. The van der Waals surface area contributed by atoms with E-state index in [9.17, 15) is 4.79 Å². The van der Waals surface area contributed by atoms with Crippen molar-refractivity contribution in [1.82, 2.24) is 24.5 Å². The van der Waals surface area contributed by atoms with Gasteiger partial charge in [-0.05, 0) is 19.3 Å². The second-order valence-corrected chi connectivity index (χ2v) is 5.35. The number of ether oxygens (including phenoxy) is 1. The van der Waals surface area contributed by atoms with Crippen LogP contribution in [0.4, 0.5) is 0 Å². The molecule has 0 unspecified atom stereocenters. The fraction of sp³-hybridized carbons (Fsp3) is 0.571. The summed E-state index contributed by atoms with van der Waals surface area (Å²) < 4.78 is 8.72. The Hall–Kier alpha value is -2.18. The van der Waals surface area contributed by atoms with Crippen molar-refractivity contribution in [3.8, 4) is 11.4 Å². The van der Waals surface area contributed by atoms with Crippen molar-refractivity contribution >= 4 is 5.97 Å². The van der Waals surface area contributed by atoms with Gasteiger partial charge in [0.1, 0.15) is 5.69 Å². The molecule has 1 aliphatic carbocycles. The van der Waals surface area contributed by atoms with Gasteiger partial charge in [0, 0.05) is 13.6 Å². The number of carbonyl (C=O) groups excluding carboxylic acids is 1. The molecule has 112 valence electrons. The van der Waals surface area contributed by atoms with Gasteiger partial charge in [0.2, 0.25) is 0 Å². The van der Waals surface area contributed by atoms with Crippen molar-refractivity contribution < 1.29 is 9.53 Å². The van der Waals surface area contributed by atoms with E-state index < -0.39 is 5.97 Å². The second kappa shape index (κ2) is 5.67. The molecule has 1 saturated carbocycles. The smallest absolute Gasteiger partial charge is 0.361 e. The number of carbonyl (C=O) groups is 1. The number of hydrogen-bond acceptors (Lipinski definition) is 5. The zero-order chi connectivity index (χ0) is 14.8. The molecule has 2 aromatic rings. The Morgan fingerprint density at radius 1 is 1.48 bits per heavy atom. The Balaban J connectivity index is 1.96. The molecule has 0 spiro atoms. The molecule has 21 heavy (non-hydrogen) atoms. The average molecular weight is 289 g/mol. The molecule has 0 radical (unpaired) electrons. The first-order valence-electron chi connectivity index (χ1n) is 7.28. The van der Waals surface area contributed by atoms with Crippen molar-refractivity contribution in [3.05, 3.63) is 18.2 Å². The molecule has 0 aromatic carbocycles. The van der Waals surface area contributed by atoms with Crippen LogP contribution in [0.25, 0.3) is 11.4 Å². The van der Waals surface area contributed by atoms with E-state index in [4.69, 9.17) is 4.74 Å². The topological polar surface area (TPSA) is 74.8 Å². The molecule has 3 rings (SSSR count). The number of aromatic nitrogens is 5. The van der Waals surface area contributed by atoms with Crippen molar-refractivity contribution in [3.63, 3.8) is 0 Å². The van der Waals surface area contributed by atoms with E-state index in [0.717, 1.165) is 24.6 Å². The highest BCUT2D eigenvalue weighted by molar-refractivity contribution is 5.93. The molecule has 0 amide bonds. The van der Waals surface area contributed by atoms with E-state index in [1.165, 1.54) is 12.8 Å². The minimum atomic E-state index is -0.439. The quantitative estimate of drug-likeness (QED) is 0.756. The minimum absolute atomic E-state index is 0.260.